The van der Waals surface area contributed by atoms with Gasteiger partial charge in [0.05, 0.1) is 17.3 Å². The molecule has 0 saturated carbocycles. The van der Waals surface area contributed by atoms with E-state index in [0.29, 0.717) is 25.0 Å². The molecule has 1 aromatic carbocycles. The number of thiophene rings is 1. The van der Waals surface area contributed by atoms with Gasteiger partial charge < -0.3 is 14.5 Å². The van der Waals surface area contributed by atoms with E-state index in [1.165, 1.54) is 4.68 Å². The van der Waals surface area contributed by atoms with Crippen molar-refractivity contribution in [2.24, 2.45) is 0 Å². The fraction of sp³-hybridized carbons (Fsp3) is 0.348. The molecule has 1 aliphatic heterocycles. The maximum absolute atomic E-state index is 13.1. The van der Waals surface area contributed by atoms with Gasteiger partial charge in [0.1, 0.15) is 23.6 Å². The Hall–Kier alpha value is -3.33. The highest BCUT2D eigenvalue weighted by Gasteiger charge is 2.23. The van der Waals surface area contributed by atoms with Crippen LogP contribution < -0.4 is 15.2 Å². The van der Waals surface area contributed by atoms with Crippen molar-refractivity contribution in [3.63, 3.8) is 0 Å². The van der Waals surface area contributed by atoms with Crippen LogP contribution in [0.4, 0.5) is 5.69 Å². The monoisotopic (exact) mass is 451 g/mol. The minimum absolute atomic E-state index is 0.0413. The lowest BCUT2D eigenvalue weighted by Crippen LogP contribution is -2.50. The molecule has 0 unspecified atom stereocenters. The maximum Gasteiger partial charge on any atom is 0.291 e. The molecule has 1 amide bonds. The average Bonchev–Trinajstić information content (AvgIpc) is 3.43. The Morgan fingerprint density at radius 3 is 2.69 bits per heavy atom. The average molecular weight is 452 g/mol. The van der Waals surface area contributed by atoms with Gasteiger partial charge in [0.2, 0.25) is 5.91 Å². The van der Waals surface area contributed by atoms with E-state index in [2.05, 4.69) is 10.00 Å². The highest BCUT2D eigenvalue weighted by molar-refractivity contribution is 7.17. The quantitative estimate of drug-likeness (QED) is 0.467. The summed E-state index contributed by atoms with van der Waals surface area (Å²) in [5.41, 5.74) is 2.43. The molecule has 0 N–H and O–H groups in total. The molecule has 3 aromatic heterocycles. The molecule has 0 spiro atoms. The van der Waals surface area contributed by atoms with Crippen molar-refractivity contribution in [1.82, 2.24) is 19.1 Å². The SMILES string of the molecule is CCc1nn(CC(=O)N2CCN(c3cccc(OC)c3)CC2)c(=O)c2cc3sccc3n12. The molecule has 4 aromatic rings. The van der Waals surface area contributed by atoms with Gasteiger partial charge in [-0.25, -0.2) is 4.68 Å². The molecule has 1 fully saturated rings. The number of fused-ring (bicyclic) bond motifs is 3. The zero-order chi connectivity index (χ0) is 22.2. The van der Waals surface area contributed by atoms with E-state index >= 15 is 0 Å². The normalized spacial score (nSPS) is 14.4. The van der Waals surface area contributed by atoms with E-state index in [9.17, 15) is 9.59 Å². The first-order valence-corrected chi connectivity index (χ1v) is 11.6. The van der Waals surface area contributed by atoms with Crippen molar-refractivity contribution in [1.29, 1.82) is 0 Å². The lowest BCUT2D eigenvalue weighted by atomic mass is 10.2. The second-order valence-electron chi connectivity index (χ2n) is 7.84. The number of rotatable bonds is 5. The highest BCUT2D eigenvalue weighted by Crippen LogP contribution is 2.25. The molecule has 0 atom stereocenters. The first-order chi connectivity index (χ1) is 15.6. The van der Waals surface area contributed by atoms with Gasteiger partial charge in [-0.15, -0.1) is 11.3 Å². The Labute approximate surface area is 189 Å². The number of methoxy groups -OCH3 is 1. The minimum atomic E-state index is -0.228. The second kappa shape index (κ2) is 8.31. The molecular formula is C23H25N5O3S. The Kier molecular flexibility index (Phi) is 5.34. The number of anilines is 1. The first-order valence-electron chi connectivity index (χ1n) is 10.7. The van der Waals surface area contributed by atoms with E-state index in [-0.39, 0.29) is 18.0 Å². The fourth-order valence-electron chi connectivity index (χ4n) is 4.31. The number of nitrogens with zero attached hydrogens (tertiary/aromatic N) is 5. The summed E-state index contributed by atoms with van der Waals surface area (Å²) in [4.78, 5) is 30.1. The predicted octanol–water partition coefficient (Wildman–Crippen LogP) is 2.63. The molecule has 166 valence electrons. The smallest absolute Gasteiger partial charge is 0.291 e. The van der Waals surface area contributed by atoms with Crippen LogP contribution in [-0.2, 0) is 17.8 Å². The van der Waals surface area contributed by atoms with Crippen LogP contribution in [0.2, 0.25) is 0 Å². The Bertz CT molecular complexity index is 1350. The summed E-state index contributed by atoms with van der Waals surface area (Å²) in [5.74, 6) is 1.52. The Morgan fingerprint density at radius 2 is 1.94 bits per heavy atom. The number of hydrogen-bond donors (Lipinski definition) is 0. The Balaban J connectivity index is 1.33. The molecule has 5 rings (SSSR count). The van der Waals surface area contributed by atoms with Crippen LogP contribution in [0.3, 0.4) is 0 Å². The molecule has 0 radical (unpaired) electrons. The summed E-state index contributed by atoms with van der Waals surface area (Å²) in [6.07, 6.45) is 0.670. The standard InChI is InChI=1S/C23H25N5O3S/c1-3-21-24-27(23(30)19-14-20-18(28(19)21)7-12-32-20)15-22(29)26-10-8-25(9-11-26)16-5-4-6-17(13-16)31-2/h4-7,12-14H,3,8-11,15H2,1-2H3. The van der Waals surface area contributed by atoms with Gasteiger partial charge in [-0.3, -0.25) is 14.0 Å². The van der Waals surface area contributed by atoms with Crippen LogP contribution >= 0.6 is 11.3 Å². The molecule has 32 heavy (non-hydrogen) atoms. The molecular weight excluding hydrogens is 426 g/mol. The lowest BCUT2D eigenvalue weighted by molar-refractivity contribution is -0.132. The number of ether oxygens (including phenoxy) is 1. The van der Waals surface area contributed by atoms with E-state index in [4.69, 9.17) is 4.74 Å². The van der Waals surface area contributed by atoms with E-state index < -0.39 is 0 Å². The number of aromatic nitrogens is 3. The van der Waals surface area contributed by atoms with Gasteiger partial charge >= 0.3 is 0 Å². The van der Waals surface area contributed by atoms with E-state index in [1.54, 1.807) is 18.4 Å². The summed E-state index contributed by atoms with van der Waals surface area (Å²) in [7, 11) is 1.66. The topological polar surface area (TPSA) is 72.1 Å². The lowest BCUT2D eigenvalue weighted by Gasteiger charge is -2.36. The van der Waals surface area contributed by atoms with Crippen molar-refractivity contribution in [3.8, 4) is 5.75 Å². The zero-order valence-corrected chi connectivity index (χ0v) is 19.0. The van der Waals surface area contributed by atoms with Crippen LogP contribution in [-0.4, -0.2) is 58.3 Å². The molecule has 9 heteroatoms. The van der Waals surface area contributed by atoms with Crippen molar-refractivity contribution < 1.29 is 9.53 Å². The number of aryl methyl sites for hydroxylation is 1. The Morgan fingerprint density at radius 1 is 1.12 bits per heavy atom. The van der Waals surface area contributed by atoms with Gasteiger partial charge in [-0.2, -0.15) is 5.10 Å². The van der Waals surface area contributed by atoms with Gasteiger partial charge in [0.15, 0.2) is 0 Å². The maximum atomic E-state index is 13.1. The largest absolute Gasteiger partial charge is 0.497 e. The third kappa shape index (κ3) is 3.52. The first kappa shape index (κ1) is 20.6. The molecule has 0 aliphatic carbocycles. The van der Waals surface area contributed by atoms with Crippen molar-refractivity contribution in [2.75, 3.05) is 38.2 Å². The van der Waals surface area contributed by atoms with E-state index in [0.717, 1.165) is 40.6 Å². The summed E-state index contributed by atoms with van der Waals surface area (Å²) in [5, 5.41) is 6.55. The van der Waals surface area contributed by atoms with Crippen molar-refractivity contribution >= 4 is 38.7 Å². The second-order valence-corrected chi connectivity index (χ2v) is 8.78. The van der Waals surface area contributed by atoms with Crippen LogP contribution in [0.5, 0.6) is 5.75 Å². The molecule has 0 bridgehead atoms. The third-order valence-corrected chi connectivity index (χ3v) is 6.88. The number of benzene rings is 1. The van der Waals surface area contributed by atoms with Gasteiger partial charge in [-0.05, 0) is 29.6 Å². The summed E-state index contributed by atoms with van der Waals surface area (Å²) >= 11 is 1.60. The number of carbonyl (C=O) groups excluding carboxylic acids is 1. The van der Waals surface area contributed by atoms with Crippen LogP contribution in [0.1, 0.15) is 12.7 Å². The molecule has 1 aliphatic rings. The van der Waals surface area contributed by atoms with Gasteiger partial charge in [0.25, 0.3) is 5.56 Å². The third-order valence-electron chi connectivity index (χ3n) is 6.02. The number of hydrogen-bond acceptors (Lipinski definition) is 6. The van der Waals surface area contributed by atoms with Gasteiger partial charge in [0, 0.05) is 44.4 Å². The van der Waals surface area contributed by atoms with Crippen LogP contribution in [0.15, 0.2) is 46.6 Å². The fourth-order valence-corrected chi connectivity index (χ4v) is 5.11. The van der Waals surface area contributed by atoms with Crippen molar-refractivity contribution in [2.45, 2.75) is 19.9 Å². The van der Waals surface area contributed by atoms with Crippen LogP contribution in [0, 0.1) is 0 Å². The van der Waals surface area contributed by atoms with Crippen molar-refractivity contribution in [3.05, 3.63) is 58.0 Å². The summed E-state index contributed by atoms with van der Waals surface area (Å²) in [6.45, 7) is 4.64. The number of amides is 1. The number of carbonyl (C=O) groups is 1. The summed E-state index contributed by atoms with van der Waals surface area (Å²) < 4.78 is 9.61. The minimum Gasteiger partial charge on any atom is -0.497 e. The molecule has 1 saturated heterocycles. The molecule has 4 heterocycles. The highest BCUT2D eigenvalue weighted by atomic mass is 32.1. The number of piperazine rings is 1. The predicted molar refractivity (Wildman–Crippen MR) is 126 cm³/mol. The molecule has 8 nitrogen and oxygen atoms in total. The van der Waals surface area contributed by atoms with E-state index in [1.807, 2.05) is 58.0 Å². The zero-order valence-electron chi connectivity index (χ0n) is 18.2. The van der Waals surface area contributed by atoms with Gasteiger partial charge in [-0.1, -0.05) is 13.0 Å². The summed E-state index contributed by atoms with van der Waals surface area (Å²) in [6, 6.07) is 11.8. The van der Waals surface area contributed by atoms with Crippen LogP contribution in [0.25, 0.3) is 15.7 Å².